The van der Waals surface area contributed by atoms with E-state index in [0.29, 0.717) is 12.3 Å². The van der Waals surface area contributed by atoms with Crippen LogP contribution in [0.15, 0.2) is 53.4 Å². The Bertz CT molecular complexity index is 692. The zero-order valence-electron chi connectivity index (χ0n) is 12.6. The molecule has 4 nitrogen and oxygen atoms in total. The second-order valence-electron chi connectivity index (χ2n) is 4.68. The lowest BCUT2D eigenvalue weighted by Gasteiger charge is -2.08. The summed E-state index contributed by atoms with van der Waals surface area (Å²) in [6.07, 6.45) is 0. The highest BCUT2D eigenvalue weighted by atomic mass is 35.5. The van der Waals surface area contributed by atoms with Crippen molar-refractivity contribution in [3.63, 3.8) is 0 Å². The van der Waals surface area contributed by atoms with E-state index in [0.717, 1.165) is 11.0 Å². The van der Waals surface area contributed by atoms with Gasteiger partial charge in [-0.3, -0.25) is 4.79 Å². The van der Waals surface area contributed by atoms with Crippen LogP contribution in [-0.4, -0.2) is 30.8 Å². The number of ether oxygens (including phenoxy) is 1. The van der Waals surface area contributed by atoms with E-state index in [-0.39, 0.29) is 10.6 Å². The number of carbonyl (C=O) groups is 2. The van der Waals surface area contributed by atoms with Gasteiger partial charge in [-0.05, 0) is 24.3 Å². The van der Waals surface area contributed by atoms with E-state index < -0.39 is 24.3 Å². The minimum Gasteiger partial charge on any atom is -0.452 e. The summed E-state index contributed by atoms with van der Waals surface area (Å²) in [6.45, 7) is -0.0596. The van der Waals surface area contributed by atoms with Crippen LogP contribution in [0.1, 0.15) is 10.4 Å². The maximum Gasteiger partial charge on any atom is 0.343 e. The Kier molecular flexibility index (Phi) is 7.08. The van der Waals surface area contributed by atoms with Gasteiger partial charge >= 0.3 is 5.97 Å². The van der Waals surface area contributed by atoms with Gasteiger partial charge in [-0.25, -0.2) is 9.18 Å². The number of carbonyl (C=O) groups excluding carboxylic acids is 2. The van der Waals surface area contributed by atoms with Crippen molar-refractivity contribution in [3.05, 3.63) is 64.9 Å². The number of hydrogen-bond donors (Lipinski definition) is 1. The van der Waals surface area contributed by atoms with Crippen molar-refractivity contribution in [1.29, 1.82) is 0 Å². The lowest BCUT2D eigenvalue weighted by atomic mass is 10.2. The Hall–Kier alpha value is -2.05. The monoisotopic (exact) mass is 367 g/mol. The third-order valence-corrected chi connectivity index (χ3v) is 4.27. The maximum absolute atomic E-state index is 13.5. The largest absolute Gasteiger partial charge is 0.452 e. The molecule has 0 radical (unpaired) electrons. The molecule has 0 saturated carbocycles. The average molecular weight is 368 g/mol. The molecule has 0 aliphatic heterocycles. The van der Waals surface area contributed by atoms with Crippen LogP contribution in [0.2, 0.25) is 5.02 Å². The number of thioether (sulfide) groups is 1. The topological polar surface area (TPSA) is 55.4 Å². The molecule has 0 bridgehead atoms. The molecular formula is C17H15ClFNO3S. The first kappa shape index (κ1) is 18.3. The zero-order chi connectivity index (χ0) is 17.4. The lowest BCUT2D eigenvalue weighted by molar-refractivity contribution is -0.124. The normalized spacial score (nSPS) is 10.2. The Morgan fingerprint density at radius 1 is 1.12 bits per heavy atom. The van der Waals surface area contributed by atoms with E-state index in [9.17, 15) is 14.0 Å². The molecular weight excluding hydrogens is 353 g/mol. The first-order chi connectivity index (χ1) is 11.6. The standard InChI is InChI=1S/C17H15ClFNO3S/c18-13-7-4-8-14(19)16(13)17(22)23-11-15(21)20-9-10-24-12-5-2-1-3-6-12/h1-8H,9-11H2,(H,20,21). The number of rotatable bonds is 7. The van der Waals surface area contributed by atoms with E-state index in [4.69, 9.17) is 16.3 Å². The van der Waals surface area contributed by atoms with Gasteiger partial charge < -0.3 is 10.1 Å². The van der Waals surface area contributed by atoms with E-state index >= 15 is 0 Å². The quantitative estimate of drug-likeness (QED) is 0.462. The van der Waals surface area contributed by atoms with Gasteiger partial charge in [-0.15, -0.1) is 11.8 Å². The van der Waals surface area contributed by atoms with Crippen LogP contribution in [0.5, 0.6) is 0 Å². The van der Waals surface area contributed by atoms with Crippen molar-refractivity contribution in [3.8, 4) is 0 Å². The van der Waals surface area contributed by atoms with Crippen LogP contribution in [0.25, 0.3) is 0 Å². The summed E-state index contributed by atoms with van der Waals surface area (Å²) in [4.78, 5) is 24.5. The summed E-state index contributed by atoms with van der Waals surface area (Å²) < 4.78 is 18.3. The Balaban J connectivity index is 1.70. The highest BCUT2D eigenvalue weighted by Crippen LogP contribution is 2.19. The fourth-order valence-electron chi connectivity index (χ4n) is 1.82. The minimum absolute atomic E-state index is 0.0559. The van der Waals surface area contributed by atoms with Crippen LogP contribution in [0.3, 0.4) is 0 Å². The van der Waals surface area contributed by atoms with Gasteiger partial charge in [-0.2, -0.15) is 0 Å². The second-order valence-corrected chi connectivity index (χ2v) is 6.26. The van der Waals surface area contributed by atoms with Crippen LogP contribution in [0.4, 0.5) is 4.39 Å². The Morgan fingerprint density at radius 3 is 2.58 bits per heavy atom. The summed E-state index contributed by atoms with van der Waals surface area (Å²) in [5.41, 5.74) is -0.369. The summed E-state index contributed by atoms with van der Waals surface area (Å²) in [6, 6.07) is 13.6. The van der Waals surface area contributed by atoms with Gasteiger partial charge in [0.15, 0.2) is 6.61 Å². The van der Waals surface area contributed by atoms with Gasteiger partial charge in [0.25, 0.3) is 5.91 Å². The van der Waals surface area contributed by atoms with Crippen molar-refractivity contribution in [2.24, 2.45) is 0 Å². The van der Waals surface area contributed by atoms with Crippen molar-refractivity contribution in [2.45, 2.75) is 4.90 Å². The first-order valence-electron chi connectivity index (χ1n) is 7.13. The van der Waals surface area contributed by atoms with Crippen LogP contribution in [-0.2, 0) is 9.53 Å². The van der Waals surface area contributed by atoms with Gasteiger partial charge in [-0.1, -0.05) is 35.9 Å². The molecule has 2 aromatic carbocycles. The van der Waals surface area contributed by atoms with Crippen molar-refractivity contribution < 1.29 is 18.7 Å². The number of esters is 1. The maximum atomic E-state index is 13.5. The molecule has 0 unspecified atom stereocenters. The minimum atomic E-state index is -0.966. The number of benzene rings is 2. The molecule has 0 fully saturated rings. The fourth-order valence-corrected chi connectivity index (χ4v) is 2.85. The smallest absolute Gasteiger partial charge is 0.343 e. The summed E-state index contributed by atoms with van der Waals surface area (Å²) in [5.74, 6) is -1.52. The Morgan fingerprint density at radius 2 is 1.88 bits per heavy atom. The van der Waals surface area contributed by atoms with E-state index in [1.807, 2.05) is 30.3 Å². The van der Waals surface area contributed by atoms with E-state index in [2.05, 4.69) is 5.32 Å². The predicted octanol–water partition coefficient (Wildman–Crippen LogP) is 3.54. The molecule has 0 aromatic heterocycles. The van der Waals surface area contributed by atoms with Gasteiger partial charge in [0.2, 0.25) is 0 Å². The molecule has 0 aliphatic rings. The lowest BCUT2D eigenvalue weighted by Crippen LogP contribution is -2.30. The average Bonchev–Trinajstić information content (AvgIpc) is 2.57. The number of nitrogens with one attached hydrogen (secondary N) is 1. The molecule has 1 N–H and O–H groups in total. The molecule has 2 rings (SSSR count). The molecule has 0 spiro atoms. The number of hydrogen-bond acceptors (Lipinski definition) is 4. The molecule has 24 heavy (non-hydrogen) atoms. The third-order valence-electron chi connectivity index (χ3n) is 2.94. The third kappa shape index (κ3) is 5.54. The highest BCUT2D eigenvalue weighted by molar-refractivity contribution is 7.99. The molecule has 126 valence electrons. The molecule has 0 saturated heterocycles. The summed E-state index contributed by atoms with van der Waals surface area (Å²) >= 11 is 7.35. The number of halogens is 2. The van der Waals surface area contributed by atoms with E-state index in [1.54, 1.807) is 11.8 Å². The molecule has 2 aromatic rings. The molecule has 0 aliphatic carbocycles. The first-order valence-corrected chi connectivity index (χ1v) is 8.50. The summed E-state index contributed by atoms with van der Waals surface area (Å²) in [7, 11) is 0. The van der Waals surface area contributed by atoms with Gasteiger partial charge in [0.1, 0.15) is 11.4 Å². The zero-order valence-corrected chi connectivity index (χ0v) is 14.2. The molecule has 0 heterocycles. The van der Waals surface area contributed by atoms with Crippen molar-refractivity contribution in [1.82, 2.24) is 5.32 Å². The fraction of sp³-hybridized carbons (Fsp3) is 0.176. The molecule has 0 atom stereocenters. The molecule has 7 heteroatoms. The van der Waals surface area contributed by atoms with Crippen LogP contribution < -0.4 is 5.32 Å². The Labute approximate surface area is 148 Å². The van der Waals surface area contributed by atoms with Crippen molar-refractivity contribution >= 4 is 35.2 Å². The van der Waals surface area contributed by atoms with Crippen LogP contribution in [0, 0.1) is 5.82 Å². The van der Waals surface area contributed by atoms with E-state index in [1.165, 1.54) is 12.1 Å². The summed E-state index contributed by atoms with van der Waals surface area (Å²) in [5, 5.41) is 2.57. The SMILES string of the molecule is O=C(COC(=O)c1c(F)cccc1Cl)NCCSc1ccccc1. The number of amides is 1. The predicted molar refractivity (Wildman–Crippen MR) is 91.9 cm³/mol. The second kappa shape index (κ2) is 9.30. The highest BCUT2D eigenvalue weighted by Gasteiger charge is 2.18. The van der Waals surface area contributed by atoms with Gasteiger partial charge in [0, 0.05) is 17.2 Å². The molecule has 1 amide bonds. The van der Waals surface area contributed by atoms with Gasteiger partial charge in [0.05, 0.1) is 5.02 Å². The van der Waals surface area contributed by atoms with Crippen LogP contribution >= 0.6 is 23.4 Å². The van der Waals surface area contributed by atoms with Crippen molar-refractivity contribution in [2.75, 3.05) is 18.9 Å².